The molecule has 120 valence electrons. The summed E-state index contributed by atoms with van der Waals surface area (Å²) in [5.41, 5.74) is 8.03. The Morgan fingerprint density at radius 1 is 1.10 bits per heavy atom. The van der Waals surface area contributed by atoms with Gasteiger partial charge in [-0.3, -0.25) is 0 Å². The number of hydrogen-bond acceptors (Lipinski definition) is 5. The van der Waals surface area contributed by atoms with E-state index in [4.69, 9.17) is 19.0 Å². The standard InChI is InChI=1S/C15H28N2O3Si/c1-13(17-11-10-16)15-7-5-14(6-8-15)9-12-21(18-2,19-3)20-4/h5-8,13,17H,9-12,16H2,1-4H3. The molecule has 0 aliphatic rings. The Bertz CT molecular complexity index is 388. The van der Waals surface area contributed by atoms with Crippen LogP contribution in [0.3, 0.4) is 0 Å². The van der Waals surface area contributed by atoms with Crippen molar-refractivity contribution in [2.75, 3.05) is 34.4 Å². The number of benzene rings is 1. The highest BCUT2D eigenvalue weighted by Crippen LogP contribution is 2.18. The highest BCUT2D eigenvalue weighted by molar-refractivity contribution is 6.60. The highest BCUT2D eigenvalue weighted by Gasteiger charge is 2.37. The Morgan fingerprint density at radius 3 is 2.14 bits per heavy atom. The number of hydrogen-bond donors (Lipinski definition) is 2. The first-order valence-corrected chi connectivity index (χ1v) is 9.21. The fraction of sp³-hybridized carbons (Fsp3) is 0.600. The van der Waals surface area contributed by atoms with Crippen LogP contribution in [0.4, 0.5) is 0 Å². The molecule has 5 nitrogen and oxygen atoms in total. The van der Waals surface area contributed by atoms with Crippen LogP contribution in [0.1, 0.15) is 24.1 Å². The van der Waals surface area contributed by atoms with E-state index >= 15 is 0 Å². The summed E-state index contributed by atoms with van der Waals surface area (Å²) in [5, 5.41) is 3.37. The van der Waals surface area contributed by atoms with Gasteiger partial charge in [-0.05, 0) is 24.5 Å². The van der Waals surface area contributed by atoms with Gasteiger partial charge in [0.05, 0.1) is 0 Å². The molecule has 1 unspecified atom stereocenters. The smallest absolute Gasteiger partial charge is 0.377 e. The van der Waals surface area contributed by atoms with Gasteiger partial charge in [-0.15, -0.1) is 0 Å². The molecule has 3 N–H and O–H groups in total. The molecule has 0 saturated heterocycles. The van der Waals surface area contributed by atoms with Crippen LogP contribution in [0.5, 0.6) is 0 Å². The second-order valence-electron chi connectivity index (χ2n) is 5.00. The van der Waals surface area contributed by atoms with Crippen LogP contribution in [-0.2, 0) is 19.7 Å². The van der Waals surface area contributed by atoms with Crippen molar-refractivity contribution in [2.45, 2.75) is 25.4 Å². The molecule has 0 radical (unpaired) electrons. The Kier molecular flexibility index (Phi) is 8.09. The van der Waals surface area contributed by atoms with E-state index in [0.717, 1.165) is 19.0 Å². The Labute approximate surface area is 129 Å². The summed E-state index contributed by atoms with van der Waals surface area (Å²) in [5.74, 6) is 0. The third kappa shape index (κ3) is 5.50. The highest BCUT2D eigenvalue weighted by atomic mass is 28.4. The zero-order valence-electron chi connectivity index (χ0n) is 13.5. The molecule has 0 aromatic heterocycles. The van der Waals surface area contributed by atoms with Gasteiger partial charge in [0.15, 0.2) is 0 Å². The summed E-state index contributed by atoms with van der Waals surface area (Å²) < 4.78 is 16.3. The predicted molar refractivity (Wildman–Crippen MR) is 87.2 cm³/mol. The lowest BCUT2D eigenvalue weighted by Gasteiger charge is -2.24. The van der Waals surface area contributed by atoms with E-state index < -0.39 is 8.80 Å². The van der Waals surface area contributed by atoms with Crippen molar-refractivity contribution in [3.05, 3.63) is 35.4 Å². The third-order valence-electron chi connectivity index (χ3n) is 3.73. The summed E-state index contributed by atoms with van der Waals surface area (Å²) in [6.45, 7) is 3.62. The molecule has 0 bridgehead atoms. The average Bonchev–Trinajstić information content (AvgIpc) is 2.55. The fourth-order valence-electron chi connectivity index (χ4n) is 2.24. The van der Waals surface area contributed by atoms with Gasteiger partial charge in [-0.1, -0.05) is 24.3 Å². The molecule has 21 heavy (non-hydrogen) atoms. The van der Waals surface area contributed by atoms with E-state index in [9.17, 15) is 0 Å². The lowest BCUT2D eigenvalue weighted by Crippen LogP contribution is -2.43. The van der Waals surface area contributed by atoms with Crippen molar-refractivity contribution in [1.29, 1.82) is 0 Å². The van der Waals surface area contributed by atoms with E-state index in [1.54, 1.807) is 21.3 Å². The average molecular weight is 312 g/mol. The molecule has 0 aliphatic heterocycles. The molecule has 0 fully saturated rings. The van der Waals surface area contributed by atoms with E-state index in [2.05, 4.69) is 36.5 Å². The molecule has 1 atom stereocenters. The third-order valence-corrected chi connectivity index (χ3v) is 6.46. The van der Waals surface area contributed by atoms with E-state index in [1.165, 1.54) is 11.1 Å². The normalized spacial score (nSPS) is 13.4. The van der Waals surface area contributed by atoms with Gasteiger partial charge in [0.1, 0.15) is 0 Å². The van der Waals surface area contributed by atoms with Gasteiger partial charge in [0.25, 0.3) is 0 Å². The van der Waals surface area contributed by atoms with E-state index in [0.29, 0.717) is 12.6 Å². The first-order chi connectivity index (χ1) is 10.1. The Hall–Kier alpha value is -0.763. The molecule has 0 saturated carbocycles. The fourth-order valence-corrected chi connectivity index (χ4v) is 3.95. The second-order valence-corrected chi connectivity index (χ2v) is 8.09. The van der Waals surface area contributed by atoms with Gasteiger partial charge >= 0.3 is 8.80 Å². The van der Waals surface area contributed by atoms with Gasteiger partial charge in [0, 0.05) is 46.5 Å². The summed E-state index contributed by atoms with van der Waals surface area (Å²) >= 11 is 0. The molecule has 6 heteroatoms. The van der Waals surface area contributed by atoms with Crippen LogP contribution in [0, 0.1) is 0 Å². The summed E-state index contributed by atoms with van der Waals surface area (Å²) in [7, 11) is 2.46. The molecular weight excluding hydrogens is 284 g/mol. The van der Waals surface area contributed by atoms with Crippen LogP contribution in [0.25, 0.3) is 0 Å². The van der Waals surface area contributed by atoms with E-state index in [1.807, 2.05) is 0 Å². The van der Waals surface area contributed by atoms with Crippen LogP contribution >= 0.6 is 0 Å². The summed E-state index contributed by atoms with van der Waals surface area (Å²) in [4.78, 5) is 0. The lowest BCUT2D eigenvalue weighted by molar-refractivity contribution is 0.123. The molecular formula is C15H28N2O3Si. The van der Waals surface area contributed by atoms with Gasteiger partial charge in [0.2, 0.25) is 0 Å². The minimum atomic E-state index is -2.48. The number of rotatable bonds is 10. The SMILES string of the molecule is CO[Si](CCc1ccc(C(C)NCCN)cc1)(OC)OC. The van der Waals surface area contributed by atoms with Crippen LogP contribution in [0.2, 0.25) is 6.04 Å². The summed E-state index contributed by atoms with van der Waals surface area (Å²) in [6.07, 6.45) is 0.882. The molecule has 1 aromatic carbocycles. The quantitative estimate of drug-likeness (QED) is 0.644. The minimum absolute atomic E-state index is 0.313. The Morgan fingerprint density at radius 2 is 1.67 bits per heavy atom. The van der Waals surface area contributed by atoms with Gasteiger partial charge in [-0.25, -0.2) is 0 Å². The zero-order chi connectivity index (χ0) is 15.7. The maximum atomic E-state index is 5.50. The minimum Gasteiger partial charge on any atom is -0.377 e. The first kappa shape index (κ1) is 18.3. The molecule has 1 aromatic rings. The van der Waals surface area contributed by atoms with E-state index in [-0.39, 0.29) is 0 Å². The molecule has 0 heterocycles. The van der Waals surface area contributed by atoms with Crippen molar-refractivity contribution in [2.24, 2.45) is 5.73 Å². The van der Waals surface area contributed by atoms with Gasteiger partial charge in [-0.2, -0.15) is 0 Å². The van der Waals surface area contributed by atoms with Crippen LogP contribution in [-0.4, -0.2) is 43.2 Å². The van der Waals surface area contributed by atoms with Crippen molar-refractivity contribution in [3.8, 4) is 0 Å². The molecule has 0 amide bonds. The second kappa shape index (κ2) is 9.29. The first-order valence-electron chi connectivity index (χ1n) is 7.28. The van der Waals surface area contributed by atoms with Crippen LogP contribution < -0.4 is 11.1 Å². The monoisotopic (exact) mass is 312 g/mol. The van der Waals surface area contributed by atoms with Crippen molar-refractivity contribution >= 4 is 8.80 Å². The maximum Gasteiger partial charge on any atom is 0.500 e. The maximum absolute atomic E-state index is 5.50. The number of nitrogens with one attached hydrogen (secondary N) is 1. The molecule has 0 spiro atoms. The van der Waals surface area contributed by atoms with Crippen molar-refractivity contribution < 1.29 is 13.3 Å². The number of aryl methyl sites for hydroxylation is 1. The van der Waals surface area contributed by atoms with Crippen molar-refractivity contribution in [1.82, 2.24) is 5.32 Å². The Balaban J connectivity index is 2.58. The molecule has 0 aliphatic carbocycles. The van der Waals surface area contributed by atoms with Crippen LogP contribution in [0.15, 0.2) is 24.3 Å². The lowest BCUT2D eigenvalue weighted by atomic mass is 10.1. The predicted octanol–water partition coefficient (Wildman–Crippen LogP) is 1.72. The largest absolute Gasteiger partial charge is 0.500 e. The van der Waals surface area contributed by atoms with Gasteiger partial charge < -0.3 is 24.3 Å². The molecule has 1 rings (SSSR count). The summed E-state index contributed by atoms with van der Waals surface area (Å²) in [6, 6.07) is 9.69. The zero-order valence-corrected chi connectivity index (χ0v) is 14.5. The number of nitrogens with two attached hydrogens (primary N) is 1. The topological polar surface area (TPSA) is 65.7 Å². The van der Waals surface area contributed by atoms with Crippen molar-refractivity contribution in [3.63, 3.8) is 0 Å².